The monoisotopic (exact) mass is 543 g/mol. The van der Waals surface area contributed by atoms with Crippen LogP contribution < -0.4 is 10.2 Å². The van der Waals surface area contributed by atoms with E-state index in [0.717, 1.165) is 18.1 Å². The molecule has 0 radical (unpaired) electrons. The smallest absolute Gasteiger partial charge is 0.214 e. The first kappa shape index (κ1) is 24.1. The summed E-state index contributed by atoms with van der Waals surface area (Å²) in [5.41, 5.74) is 0.279. The van der Waals surface area contributed by atoms with Gasteiger partial charge in [0.15, 0.2) is 5.96 Å². The average Bonchev–Trinajstić information content (AvgIpc) is 3.01. The van der Waals surface area contributed by atoms with Crippen LogP contribution in [0.1, 0.15) is 13.3 Å². The molecule has 0 amide bonds. The van der Waals surface area contributed by atoms with Gasteiger partial charge in [0.05, 0.1) is 18.0 Å². The fourth-order valence-corrected chi connectivity index (χ4v) is 5.04. The molecule has 1 aromatic carbocycles. The lowest BCUT2D eigenvalue weighted by Gasteiger charge is -2.37. The fraction of sp³-hybridized carbons (Fsp3) is 0.611. The van der Waals surface area contributed by atoms with Gasteiger partial charge < -0.3 is 15.1 Å². The van der Waals surface area contributed by atoms with Crippen LogP contribution in [0.2, 0.25) is 0 Å². The van der Waals surface area contributed by atoms with Gasteiger partial charge in [0.25, 0.3) is 0 Å². The maximum absolute atomic E-state index is 14.0. The molecule has 2 saturated heterocycles. The quantitative estimate of drug-likeness (QED) is 0.348. The van der Waals surface area contributed by atoms with E-state index < -0.39 is 21.7 Å². The maximum atomic E-state index is 14.0. The molecule has 3 rings (SSSR count). The molecule has 2 heterocycles. The third kappa shape index (κ3) is 6.14. The number of aliphatic imine (C=N–C) groups is 1. The summed E-state index contributed by atoms with van der Waals surface area (Å²) in [6.07, 6.45) is 0.671. The van der Waals surface area contributed by atoms with Crippen LogP contribution in [0, 0.1) is 11.6 Å². The molecule has 1 N–H and O–H groups in total. The Hall–Kier alpha value is -1.21. The van der Waals surface area contributed by atoms with E-state index in [1.54, 1.807) is 0 Å². The van der Waals surface area contributed by atoms with E-state index in [9.17, 15) is 17.2 Å². The maximum Gasteiger partial charge on any atom is 0.214 e. The second kappa shape index (κ2) is 10.7. The van der Waals surface area contributed by atoms with Crippen molar-refractivity contribution in [1.29, 1.82) is 0 Å². The van der Waals surface area contributed by atoms with E-state index in [4.69, 9.17) is 0 Å². The lowest BCUT2D eigenvalue weighted by molar-refractivity contribution is 0.369. The van der Waals surface area contributed by atoms with Crippen LogP contribution in [-0.2, 0) is 10.0 Å². The Morgan fingerprint density at radius 1 is 1.17 bits per heavy atom. The largest absolute Gasteiger partial charge is 0.366 e. The van der Waals surface area contributed by atoms with Crippen molar-refractivity contribution < 1.29 is 17.2 Å². The van der Waals surface area contributed by atoms with Gasteiger partial charge in [-0.3, -0.25) is 4.99 Å². The van der Waals surface area contributed by atoms with Crippen molar-refractivity contribution in [1.82, 2.24) is 14.5 Å². The van der Waals surface area contributed by atoms with Gasteiger partial charge in [-0.1, -0.05) is 0 Å². The van der Waals surface area contributed by atoms with Crippen LogP contribution in [0.3, 0.4) is 0 Å². The molecule has 11 heteroatoms. The summed E-state index contributed by atoms with van der Waals surface area (Å²) in [4.78, 5) is 8.46. The van der Waals surface area contributed by atoms with Crippen LogP contribution in [0.25, 0.3) is 0 Å². The fourth-order valence-electron chi connectivity index (χ4n) is 3.52. The van der Waals surface area contributed by atoms with Crippen molar-refractivity contribution in [3.05, 3.63) is 29.8 Å². The number of piperazine rings is 1. The van der Waals surface area contributed by atoms with Crippen molar-refractivity contribution in [3.8, 4) is 0 Å². The highest BCUT2D eigenvalue weighted by atomic mass is 127. The third-order valence-electron chi connectivity index (χ3n) is 4.98. The van der Waals surface area contributed by atoms with Crippen molar-refractivity contribution in [2.75, 3.05) is 63.0 Å². The predicted octanol–water partition coefficient (Wildman–Crippen LogP) is 1.71. The van der Waals surface area contributed by atoms with E-state index in [0.29, 0.717) is 58.8 Å². The highest BCUT2D eigenvalue weighted by molar-refractivity contribution is 14.0. The first-order chi connectivity index (χ1) is 13.4. The Balaban J connectivity index is 0.00000300. The molecule has 164 valence electrons. The van der Waals surface area contributed by atoms with Gasteiger partial charge in [-0.2, -0.15) is 0 Å². The molecule has 29 heavy (non-hydrogen) atoms. The molecule has 2 fully saturated rings. The summed E-state index contributed by atoms with van der Waals surface area (Å²) in [5.74, 6) is 0.0568. The number of sulfonamides is 1. The minimum atomic E-state index is -3.11. The van der Waals surface area contributed by atoms with E-state index in [1.807, 2.05) is 11.8 Å². The Kier molecular flexibility index (Phi) is 8.89. The molecule has 0 atom stereocenters. The zero-order valence-corrected chi connectivity index (χ0v) is 19.6. The number of benzene rings is 1. The number of guanidine groups is 1. The zero-order valence-electron chi connectivity index (χ0n) is 16.5. The Morgan fingerprint density at radius 3 is 2.52 bits per heavy atom. The highest BCUT2D eigenvalue weighted by Crippen LogP contribution is 2.22. The number of halogens is 3. The van der Waals surface area contributed by atoms with Crippen molar-refractivity contribution in [2.24, 2.45) is 4.99 Å². The molecular formula is C18H28F2IN5O2S. The van der Waals surface area contributed by atoms with E-state index >= 15 is 0 Å². The molecule has 2 aliphatic rings. The van der Waals surface area contributed by atoms with E-state index in [-0.39, 0.29) is 35.4 Å². The molecule has 0 spiro atoms. The van der Waals surface area contributed by atoms with Gasteiger partial charge in [-0.15, -0.1) is 24.0 Å². The average molecular weight is 543 g/mol. The number of nitrogens with one attached hydrogen (secondary N) is 1. The molecular weight excluding hydrogens is 515 g/mol. The SMILES string of the molecule is CCNC(=NCCN1CCCS1(=O)=O)N1CCN(c2cc(F)ccc2F)CC1.I. The van der Waals surface area contributed by atoms with Gasteiger partial charge in [-0.25, -0.2) is 21.5 Å². The summed E-state index contributed by atoms with van der Waals surface area (Å²) < 4.78 is 52.7. The standard InChI is InChI=1S/C18H27F2N5O2S.HI/c1-2-21-18(22-6-8-25-7-3-13-28(25,26)27)24-11-9-23(10-12-24)17-14-15(19)4-5-16(17)20;/h4-5,14H,2-3,6-13H2,1H3,(H,21,22);1H. The molecule has 0 bridgehead atoms. The number of hydrogen-bond acceptors (Lipinski definition) is 4. The molecule has 2 aliphatic heterocycles. The molecule has 0 saturated carbocycles. The first-order valence-electron chi connectivity index (χ1n) is 9.62. The van der Waals surface area contributed by atoms with E-state index in [1.165, 1.54) is 10.4 Å². The molecule has 0 aromatic heterocycles. The minimum Gasteiger partial charge on any atom is -0.366 e. The van der Waals surface area contributed by atoms with E-state index in [2.05, 4.69) is 15.2 Å². The third-order valence-corrected chi connectivity index (χ3v) is 6.93. The lowest BCUT2D eigenvalue weighted by Crippen LogP contribution is -2.53. The summed E-state index contributed by atoms with van der Waals surface area (Å²) in [6, 6.07) is 3.49. The number of rotatable bonds is 5. The Morgan fingerprint density at radius 2 is 1.90 bits per heavy atom. The Bertz CT molecular complexity index is 816. The van der Waals surface area contributed by atoms with Gasteiger partial charge in [0.1, 0.15) is 11.6 Å². The highest BCUT2D eigenvalue weighted by Gasteiger charge is 2.27. The minimum absolute atomic E-state index is 0. The number of nitrogens with zero attached hydrogens (tertiary/aromatic N) is 4. The normalized spacial score (nSPS) is 19.9. The topological polar surface area (TPSA) is 68.2 Å². The predicted molar refractivity (Wildman–Crippen MR) is 122 cm³/mol. The Labute approximate surface area is 188 Å². The van der Waals surface area contributed by atoms with Crippen LogP contribution >= 0.6 is 24.0 Å². The van der Waals surface area contributed by atoms with Crippen molar-refractivity contribution in [3.63, 3.8) is 0 Å². The first-order valence-corrected chi connectivity index (χ1v) is 11.2. The van der Waals surface area contributed by atoms with Gasteiger partial charge in [0.2, 0.25) is 10.0 Å². The van der Waals surface area contributed by atoms with Crippen molar-refractivity contribution in [2.45, 2.75) is 13.3 Å². The molecule has 0 aliphatic carbocycles. The number of hydrogen-bond donors (Lipinski definition) is 1. The molecule has 0 unspecified atom stereocenters. The second-order valence-electron chi connectivity index (χ2n) is 6.87. The summed E-state index contributed by atoms with van der Waals surface area (Å²) in [6.45, 7) is 6.32. The molecule has 1 aromatic rings. The van der Waals surface area contributed by atoms with Crippen LogP contribution in [-0.4, -0.2) is 81.7 Å². The number of anilines is 1. The summed E-state index contributed by atoms with van der Waals surface area (Å²) >= 11 is 0. The summed E-state index contributed by atoms with van der Waals surface area (Å²) in [5, 5.41) is 3.23. The zero-order chi connectivity index (χ0) is 20.1. The lowest BCUT2D eigenvalue weighted by atomic mass is 10.2. The van der Waals surface area contributed by atoms with Crippen LogP contribution in [0.5, 0.6) is 0 Å². The van der Waals surface area contributed by atoms with Gasteiger partial charge in [0, 0.05) is 51.9 Å². The summed E-state index contributed by atoms with van der Waals surface area (Å²) in [7, 11) is -3.11. The van der Waals surface area contributed by atoms with Crippen LogP contribution in [0.15, 0.2) is 23.2 Å². The van der Waals surface area contributed by atoms with Gasteiger partial charge in [-0.05, 0) is 25.5 Å². The van der Waals surface area contributed by atoms with Crippen LogP contribution in [0.4, 0.5) is 14.5 Å². The molecule has 7 nitrogen and oxygen atoms in total. The van der Waals surface area contributed by atoms with Gasteiger partial charge >= 0.3 is 0 Å². The second-order valence-corrected chi connectivity index (χ2v) is 8.96. The van der Waals surface area contributed by atoms with Crippen molar-refractivity contribution >= 4 is 45.6 Å².